The summed E-state index contributed by atoms with van der Waals surface area (Å²) in [4.78, 5) is 42.5. The fourth-order valence-corrected chi connectivity index (χ4v) is 3.91. The van der Waals surface area contributed by atoms with Gasteiger partial charge in [0.05, 0.1) is 11.3 Å². The van der Waals surface area contributed by atoms with Crippen molar-refractivity contribution >= 4 is 39.3 Å². The Balaban J connectivity index is 1.39. The van der Waals surface area contributed by atoms with Gasteiger partial charge in [-0.15, -0.1) is 0 Å². The van der Waals surface area contributed by atoms with Crippen LogP contribution in [-0.4, -0.2) is 72.0 Å². The molecule has 0 atom stereocenters. The molecule has 1 fully saturated rings. The standard InChI is InChI=1S/C21H20BrN3O5/c22-14-5-6-16-18(11-14)30-13-20(28)25(16)12-19(27)23-7-9-24(10-8-23)21(29)15-3-1-2-4-17(15)26/h1-6,11,26H,7-10,12-13H2. The van der Waals surface area contributed by atoms with Crippen LogP contribution in [0.4, 0.5) is 5.69 Å². The van der Waals surface area contributed by atoms with Crippen molar-refractivity contribution in [2.75, 3.05) is 44.2 Å². The van der Waals surface area contributed by atoms with Crippen LogP contribution >= 0.6 is 15.9 Å². The predicted molar refractivity (Wildman–Crippen MR) is 113 cm³/mol. The molecule has 0 bridgehead atoms. The molecule has 0 spiro atoms. The van der Waals surface area contributed by atoms with Crippen LogP contribution in [0.5, 0.6) is 11.5 Å². The lowest BCUT2D eigenvalue weighted by molar-refractivity contribution is -0.133. The van der Waals surface area contributed by atoms with E-state index >= 15 is 0 Å². The Bertz CT molecular complexity index is 1000. The summed E-state index contributed by atoms with van der Waals surface area (Å²) in [6.07, 6.45) is 0. The summed E-state index contributed by atoms with van der Waals surface area (Å²) in [6, 6.07) is 11.7. The van der Waals surface area contributed by atoms with E-state index in [1.165, 1.54) is 11.0 Å². The fourth-order valence-electron chi connectivity index (χ4n) is 3.57. The lowest BCUT2D eigenvalue weighted by atomic mass is 10.1. The van der Waals surface area contributed by atoms with Crippen molar-refractivity contribution in [1.29, 1.82) is 0 Å². The lowest BCUT2D eigenvalue weighted by Crippen LogP contribution is -2.53. The highest BCUT2D eigenvalue weighted by atomic mass is 79.9. The van der Waals surface area contributed by atoms with Crippen molar-refractivity contribution in [1.82, 2.24) is 9.80 Å². The topological polar surface area (TPSA) is 90.4 Å². The van der Waals surface area contributed by atoms with Crippen molar-refractivity contribution in [2.24, 2.45) is 0 Å². The maximum atomic E-state index is 12.8. The van der Waals surface area contributed by atoms with Gasteiger partial charge in [-0.2, -0.15) is 0 Å². The van der Waals surface area contributed by atoms with Gasteiger partial charge >= 0.3 is 0 Å². The quantitative estimate of drug-likeness (QED) is 0.734. The van der Waals surface area contributed by atoms with E-state index in [2.05, 4.69) is 15.9 Å². The normalized spacial score (nSPS) is 16.2. The number of piperazine rings is 1. The molecule has 0 aromatic heterocycles. The summed E-state index contributed by atoms with van der Waals surface area (Å²) in [6.45, 7) is 1.26. The number of halogens is 1. The average Bonchev–Trinajstić information content (AvgIpc) is 2.75. The molecule has 30 heavy (non-hydrogen) atoms. The number of anilines is 1. The highest BCUT2D eigenvalue weighted by Crippen LogP contribution is 2.34. The Labute approximate surface area is 181 Å². The van der Waals surface area contributed by atoms with Crippen LogP contribution in [0.2, 0.25) is 0 Å². The number of benzene rings is 2. The second-order valence-corrected chi connectivity index (χ2v) is 7.99. The van der Waals surface area contributed by atoms with Crippen LogP contribution in [0.25, 0.3) is 0 Å². The highest BCUT2D eigenvalue weighted by molar-refractivity contribution is 9.10. The van der Waals surface area contributed by atoms with E-state index in [-0.39, 0.29) is 42.2 Å². The second-order valence-electron chi connectivity index (χ2n) is 7.07. The zero-order valence-corrected chi connectivity index (χ0v) is 17.7. The third-order valence-electron chi connectivity index (χ3n) is 5.21. The molecule has 2 aromatic rings. The molecular formula is C21H20BrN3O5. The first-order chi connectivity index (χ1) is 14.4. The average molecular weight is 474 g/mol. The number of rotatable bonds is 3. The number of fused-ring (bicyclic) bond motifs is 1. The number of carbonyl (C=O) groups is 3. The Hall–Kier alpha value is -3.07. The summed E-state index contributed by atoms with van der Waals surface area (Å²) >= 11 is 3.37. The van der Waals surface area contributed by atoms with Gasteiger partial charge in [0, 0.05) is 30.7 Å². The number of ether oxygens (including phenoxy) is 1. The van der Waals surface area contributed by atoms with E-state index in [0.29, 0.717) is 37.6 Å². The monoisotopic (exact) mass is 473 g/mol. The number of hydrogen-bond donors (Lipinski definition) is 1. The van der Waals surface area contributed by atoms with E-state index in [4.69, 9.17) is 4.74 Å². The number of amides is 3. The van der Waals surface area contributed by atoms with E-state index in [1.54, 1.807) is 46.2 Å². The molecule has 2 heterocycles. The minimum atomic E-state index is -0.272. The largest absolute Gasteiger partial charge is 0.507 e. The molecule has 9 heteroatoms. The van der Waals surface area contributed by atoms with Gasteiger partial charge in [-0.1, -0.05) is 28.1 Å². The van der Waals surface area contributed by atoms with E-state index in [1.807, 2.05) is 0 Å². The summed E-state index contributed by atoms with van der Waals surface area (Å²) in [5, 5.41) is 9.89. The molecule has 4 rings (SSSR count). The molecular weight excluding hydrogens is 454 g/mol. The smallest absolute Gasteiger partial charge is 0.265 e. The van der Waals surface area contributed by atoms with Gasteiger partial charge < -0.3 is 19.6 Å². The molecule has 2 aromatic carbocycles. The van der Waals surface area contributed by atoms with Gasteiger partial charge in [-0.25, -0.2) is 0 Å². The van der Waals surface area contributed by atoms with Crippen LogP contribution in [0.3, 0.4) is 0 Å². The highest BCUT2D eigenvalue weighted by Gasteiger charge is 2.31. The van der Waals surface area contributed by atoms with Gasteiger partial charge in [0.15, 0.2) is 6.61 Å². The molecule has 2 aliphatic rings. The maximum Gasteiger partial charge on any atom is 0.265 e. The molecule has 0 saturated carbocycles. The molecule has 3 amide bonds. The molecule has 1 saturated heterocycles. The van der Waals surface area contributed by atoms with Crippen LogP contribution in [-0.2, 0) is 9.59 Å². The van der Waals surface area contributed by atoms with Gasteiger partial charge in [0.1, 0.15) is 18.0 Å². The SMILES string of the molecule is O=C(CN1C(=O)COc2cc(Br)ccc21)N1CCN(C(=O)c2ccccc2O)CC1. The van der Waals surface area contributed by atoms with Crippen molar-refractivity contribution in [3.8, 4) is 11.5 Å². The third-order valence-corrected chi connectivity index (χ3v) is 5.71. The van der Waals surface area contributed by atoms with Gasteiger partial charge in [0.25, 0.3) is 11.8 Å². The third kappa shape index (κ3) is 3.97. The minimum absolute atomic E-state index is 0.0582. The summed E-state index contributed by atoms with van der Waals surface area (Å²) < 4.78 is 6.28. The van der Waals surface area contributed by atoms with Crippen molar-refractivity contribution in [3.63, 3.8) is 0 Å². The Morgan fingerprint density at radius 2 is 1.73 bits per heavy atom. The molecule has 0 radical (unpaired) electrons. The second kappa shape index (κ2) is 8.35. The number of para-hydroxylation sites is 1. The van der Waals surface area contributed by atoms with Crippen molar-refractivity contribution in [2.45, 2.75) is 0 Å². The van der Waals surface area contributed by atoms with Gasteiger partial charge in [0.2, 0.25) is 5.91 Å². The molecule has 0 aliphatic carbocycles. The van der Waals surface area contributed by atoms with E-state index in [9.17, 15) is 19.5 Å². The Morgan fingerprint density at radius 1 is 1.03 bits per heavy atom. The zero-order valence-electron chi connectivity index (χ0n) is 16.1. The lowest BCUT2D eigenvalue weighted by Gasteiger charge is -2.36. The number of hydrogen-bond acceptors (Lipinski definition) is 5. The predicted octanol–water partition coefficient (Wildman–Crippen LogP) is 1.86. The van der Waals surface area contributed by atoms with Crippen LogP contribution in [0.1, 0.15) is 10.4 Å². The zero-order chi connectivity index (χ0) is 21.3. The molecule has 1 N–H and O–H groups in total. The molecule has 156 valence electrons. The van der Waals surface area contributed by atoms with E-state index < -0.39 is 0 Å². The number of phenols is 1. The number of phenolic OH excluding ortho intramolecular Hbond substituents is 1. The fraction of sp³-hybridized carbons (Fsp3) is 0.286. The van der Waals surface area contributed by atoms with E-state index in [0.717, 1.165) is 4.47 Å². The molecule has 2 aliphatic heterocycles. The van der Waals surface area contributed by atoms with Gasteiger partial charge in [-0.05, 0) is 30.3 Å². The summed E-state index contributed by atoms with van der Waals surface area (Å²) in [5.41, 5.74) is 0.815. The van der Waals surface area contributed by atoms with Crippen LogP contribution < -0.4 is 9.64 Å². The number of nitrogens with zero attached hydrogens (tertiary/aromatic N) is 3. The van der Waals surface area contributed by atoms with Crippen LogP contribution in [0, 0.1) is 0 Å². The first kappa shape index (κ1) is 20.2. The first-order valence-electron chi connectivity index (χ1n) is 9.52. The van der Waals surface area contributed by atoms with Crippen molar-refractivity contribution in [3.05, 3.63) is 52.5 Å². The number of carbonyl (C=O) groups excluding carboxylic acids is 3. The first-order valence-corrected chi connectivity index (χ1v) is 10.3. The Morgan fingerprint density at radius 3 is 2.47 bits per heavy atom. The van der Waals surface area contributed by atoms with Gasteiger partial charge in [-0.3, -0.25) is 19.3 Å². The molecule has 8 nitrogen and oxygen atoms in total. The number of aromatic hydroxyl groups is 1. The summed E-state index contributed by atoms with van der Waals surface area (Å²) in [5.74, 6) is -0.227. The molecule has 0 unspecified atom stereocenters. The minimum Gasteiger partial charge on any atom is -0.507 e. The maximum absolute atomic E-state index is 12.8. The van der Waals surface area contributed by atoms with Crippen LogP contribution in [0.15, 0.2) is 46.9 Å². The van der Waals surface area contributed by atoms with Crippen molar-refractivity contribution < 1.29 is 24.2 Å². The summed E-state index contributed by atoms with van der Waals surface area (Å²) in [7, 11) is 0. The Kier molecular flexibility index (Phi) is 5.63.